The van der Waals surface area contributed by atoms with E-state index < -0.39 is 0 Å². The topological polar surface area (TPSA) is 27.1 Å². The molecule has 3 aromatic carbocycles. The lowest BCUT2D eigenvalue weighted by Crippen LogP contribution is -2.07. The van der Waals surface area contributed by atoms with Gasteiger partial charge in [0.2, 0.25) is 0 Å². The molecule has 0 aliphatic carbocycles. The molecule has 0 radical (unpaired) electrons. The van der Waals surface area contributed by atoms with Gasteiger partial charge in [-0.25, -0.2) is 4.98 Å². The highest BCUT2D eigenvalue weighted by Gasteiger charge is 2.11. The molecule has 0 N–H and O–H groups in total. The van der Waals surface area contributed by atoms with E-state index >= 15 is 0 Å². The summed E-state index contributed by atoms with van der Waals surface area (Å²) < 4.78 is 8.37. The zero-order valence-electron chi connectivity index (χ0n) is 17.3. The summed E-state index contributed by atoms with van der Waals surface area (Å²) in [5, 5.41) is 0. The first-order valence-electron chi connectivity index (χ1n) is 10.4. The molecule has 0 spiro atoms. The first-order valence-corrected chi connectivity index (χ1v) is 10.4. The number of hydrogen-bond acceptors (Lipinski definition) is 2. The molecule has 148 valence electrons. The van der Waals surface area contributed by atoms with Crippen molar-refractivity contribution in [3.63, 3.8) is 0 Å². The number of aromatic nitrogens is 2. The molecule has 0 unspecified atom stereocenters. The van der Waals surface area contributed by atoms with E-state index in [2.05, 4.69) is 91.2 Å². The highest BCUT2D eigenvalue weighted by atomic mass is 16.5. The van der Waals surface area contributed by atoms with Crippen LogP contribution in [-0.2, 0) is 13.0 Å². The third-order valence-corrected chi connectivity index (χ3v) is 5.30. The van der Waals surface area contributed by atoms with Crippen LogP contribution >= 0.6 is 0 Å². The summed E-state index contributed by atoms with van der Waals surface area (Å²) in [4.78, 5) is 4.91. The van der Waals surface area contributed by atoms with Crippen LogP contribution in [0.2, 0.25) is 0 Å². The average Bonchev–Trinajstić information content (AvgIpc) is 3.07. The fourth-order valence-corrected chi connectivity index (χ4v) is 3.80. The standard InChI is InChI=1S/C26H28N2O/c1-20-14-15-25(21(2)18-20)29-17-9-8-16-28-24-13-7-6-12-23(24)27-26(28)19-22-10-4-3-5-11-22/h3-7,10-15,18H,8-9,16-17,19H2,1-2H3. The SMILES string of the molecule is Cc1ccc(OCCCCn2c(Cc3ccccc3)nc3ccccc32)c(C)c1. The summed E-state index contributed by atoms with van der Waals surface area (Å²) in [7, 11) is 0. The summed E-state index contributed by atoms with van der Waals surface area (Å²) in [6.45, 7) is 5.92. The molecule has 4 rings (SSSR count). The molecular formula is C26H28N2O. The number of hydrogen-bond donors (Lipinski definition) is 0. The van der Waals surface area contributed by atoms with Crippen molar-refractivity contribution in [1.29, 1.82) is 0 Å². The second kappa shape index (κ2) is 8.95. The molecule has 3 heteroatoms. The maximum atomic E-state index is 6.00. The summed E-state index contributed by atoms with van der Waals surface area (Å²) in [5.74, 6) is 2.13. The molecule has 1 heterocycles. The Balaban J connectivity index is 1.41. The van der Waals surface area contributed by atoms with Crippen molar-refractivity contribution >= 4 is 11.0 Å². The average molecular weight is 385 g/mol. The second-order valence-corrected chi connectivity index (χ2v) is 7.66. The van der Waals surface area contributed by atoms with Crippen molar-refractivity contribution in [2.75, 3.05) is 6.61 Å². The number of ether oxygens (including phenoxy) is 1. The second-order valence-electron chi connectivity index (χ2n) is 7.66. The summed E-state index contributed by atoms with van der Waals surface area (Å²) >= 11 is 0. The van der Waals surface area contributed by atoms with E-state index in [0.717, 1.165) is 49.5 Å². The minimum Gasteiger partial charge on any atom is -0.493 e. The smallest absolute Gasteiger partial charge is 0.122 e. The van der Waals surface area contributed by atoms with Gasteiger partial charge in [0, 0.05) is 13.0 Å². The lowest BCUT2D eigenvalue weighted by molar-refractivity contribution is 0.301. The van der Waals surface area contributed by atoms with Gasteiger partial charge in [0.05, 0.1) is 17.6 Å². The van der Waals surface area contributed by atoms with Crippen LogP contribution < -0.4 is 4.74 Å². The van der Waals surface area contributed by atoms with E-state index in [-0.39, 0.29) is 0 Å². The molecule has 0 amide bonds. The van der Waals surface area contributed by atoms with Gasteiger partial charge in [-0.05, 0) is 56.0 Å². The molecule has 4 aromatic rings. The molecule has 0 aliphatic rings. The number of benzene rings is 3. The highest BCUT2D eigenvalue weighted by molar-refractivity contribution is 5.76. The Morgan fingerprint density at radius 1 is 0.862 bits per heavy atom. The van der Waals surface area contributed by atoms with Crippen molar-refractivity contribution in [2.24, 2.45) is 0 Å². The predicted molar refractivity (Wildman–Crippen MR) is 120 cm³/mol. The van der Waals surface area contributed by atoms with Crippen molar-refractivity contribution < 1.29 is 4.74 Å². The van der Waals surface area contributed by atoms with Gasteiger partial charge < -0.3 is 9.30 Å². The number of unbranched alkanes of at least 4 members (excludes halogenated alkanes) is 1. The Bertz CT molecular complexity index is 1080. The maximum absolute atomic E-state index is 6.00. The third-order valence-electron chi connectivity index (χ3n) is 5.30. The lowest BCUT2D eigenvalue weighted by Gasteiger charge is -2.12. The molecule has 1 aromatic heterocycles. The number of para-hydroxylation sites is 2. The molecule has 0 saturated heterocycles. The normalized spacial score (nSPS) is 11.1. The molecular weight excluding hydrogens is 356 g/mol. The Morgan fingerprint density at radius 3 is 2.48 bits per heavy atom. The Hall–Kier alpha value is -3.07. The lowest BCUT2D eigenvalue weighted by atomic mass is 10.1. The van der Waals surface area contributed by atoms with Gasteiger partial charge in [-0.2, -0.15) is 0 Å². The first kappa shape index (κ1) is 19.3. The first-order chi connectivity index (χ1) is 14.2. The number of aryl methyl sites for hydroxylation is 3. The molecule has 0 saturated carbocycles. The van der Waals surface area contributed by atoms with Crippen molar-refractivity contribution in [3.05, 3.63) is 95.3 Å². The number of rotatable bonds is 8. The Labute approximate surface area is 173 Å². The Morgan fingerprint density at radius 2 is 1.66 bits per heavy atom. The van der Waals surface area contributed by atoms with Crippen LogP contribution in [0, 0.1) is 13.8 Å². The molecule has 29 heavy (non-hydrogen) atoms. The number of nitrogens with zero attached hydrogens (tertiary/aromatic N) is 2. The fraction of sp³-hybridized carbons (Fsp3) is 0.269. The van der Waals surface area contributed by atoms with Gasteiger partial charge in [-0.1, -0.05) is 60.2 Å². The van der Waals surface area contributed by atoms with Gasteiger partial charge in [0.15, 0.2) is 0 Å². The zero-order valence-corrected chi connectivity index (χ0v) is 17.3. The van der Waals surface area contributed by atoms with Crippen LogP contribution in [0.4, 0.5) is 0 Å². The van der Waals surface area contributed by atoms with Crippen LogP contribution in [0.5, 0.6) is 5.75 Å². The minimum atomic E-state index is 0.741. The van der Waals surface area contributed by atoms with Crippen LogP contribution in [0.1, 0.15) is 35.4 Å². The van der Waals surface area contributed by atoms with E-state index in [1.54, 1.807) is 0 Å². The largest absolute Gasteiger partial charge is 0.493 e. The molecule has 0 aliphatic heterocycles. The summed E-state index contributed by atoms with van der Waals surface area (Å²) in [6, 6.07) is 25.3. The maximum Gasteiger partial charge on any atom is 0.122 e. The van der Waals surface area contributed by atoms with Crippen LogP contribution in [-0.4, -0.2) is 16.2 Å². The molecule has 0 atom stereocenters. The monoisotopic (exact) mass is 384 g/mol. The molecule has 3 nitrogen and oxygen atoms in total. The van der Waals surface area contributed by atoms with Gasteiger partial charge >= 0.3 is 0 Å². The Kier molecular flexibility index (Phi) is 5.95. The van der Waals surface area contributed by atoms with Crippen LogP contribution in [0.25, 0.3) is 11.0 Å². The molecule has 0 fully saturated rings. The van der Waals surface area contributed by atoms with E-state index in [1.807, 2.05) is 0 Å². The third kappa shape index (κ3) is 4.68. The number of imidazole rings is 1. The van der Waals surface area contributed by atoms with E-state index in [1.165, 1.54) is 22.2 Å². The predicted octanol–water partition coefficient (Wildman–Crippen LogP) is 6.10. The van der Waals surface area contributed by atoms with Crippen molar-refractivity contribution in [1.82, 2.24) is 9.55 Å². The van der Waals surface area contributed by atoms with Gasteiger partial charge in [0.1, 0.15) is 11.6 Å². The minimum absolute atomic E-state index is 0.741. The zero-order chi connectivity index (χ0) is 20.1. The van der Waals surface area contributed by atoms with Crippen molar-refractivity contribution in [2.45, 2.75) is 39.7 Å². The highest BCUT2D eigenvalue weighted by Crippen LogP contribution is 2.21. The van der Waals surface area contributed by atoms with E-state index in [0.29, 0.717) is 0 Å². The van der Waals surface area contributed by atoms with E-state index in [9.17, 15) is 0 Å². The quantitative estimate of drug-likeness (QED) is 0.343. The van der Waals surface area contributed by atoms with E-state index in [4.69, 9.17) is 9.72 Å². The van der Waals surface area contributed by atoms with Gasteiger partial charge in [-0.3, -0.25) is 0 Å². The molecule has 0 bridgehead atoms. The van der Waals surface area contributed by atoms with Gasteiger partial charge in [0.25, 0.3) is 0 Å². The number of fused-ring (bicyclic) bond motifs is 1. The van der Waals surface area contributed by atoms with Crippen LogP contribution in [0.15, 0.2) is 72.8 Å². The van der Waals surface area contributed by atoms with Crippen molar-refractivity contribution in [3.8, 4) is 5.75 Å². The fourth-order valence-electron chi connectivity index (χ4n) is 3.80. The van der Waals surface area contributed by atoms with Gasteiger partial charge in [-0.15, -0.1) is 0 Å². The summed E-state index contributed by atoms with van der Waals surface area (Å²) in [5.41, 5.74) is 6.06. The summed E-state index contributed by atoms with van der Waals surface area (Å²) in [6.07, 6.45) is 2.94. The van der Waals surface area contributed by atoms with Crippen LogP contribution in [0.3, 0.4) is 0 Å².